The second-order valence-corrected chi connectivity index (χ2v) is 5.89. The van der Waals surface area contributed by atoms with E-state index in [0.29, 0.717) is 5.92 Å². The third-order valence-electron chi connectivity index (χ3n) is 4.66. The van der Waals surface area contributed by atoms with Gasteiger partial charge in [-0.05, 0) is 36.5 Å². The molecule has 2 aliphatic rings. The van der Waals surface area contributed by atoms with Crippen LogP contribution in [0.3, 0.4) is 0 Å². The van der Waals surface area contributed by atoms with Crippen LogP contribution in [0, 0.1) is 17.8 Å². The van der Waals surface area contributed by atoms with Crippen molar-refractivity contribution in [2.24, 2.45) is 17.8 Å². The van der Waals surface area contributed by atoms with Gasteiger partial charge in [-0.1, -0.05) is 25.5 Å². The van der Waals surface area contributed by atoms with Gasteiger partial charge in [0, 0.05) is 0 Å². The van der Waals surface area contributed by atoms with E-state index in [1.165, 1.54) is 4.90 Å². The average Bonchev–Trinajstić information content (AvgIpc) is 2.95. The molecular weight excluding hydrogens is 254 g/mol. The Labute approximate surface area is 118 Å². The molecule has 2 atom stereocenters. The summed E-state index contributed by atoms with van der Waals surface area (Å²) in [5.41, 5.74) is 0.790. The first-order valence-corrected chi connectivity index (χ1v) is 7.23. The Bertz CT molecular complexity index is 530. The summed E-state index contributed by atoms with van der Waals surface area (Å²) in [6.07, 6.45) is 2.74. The summed E-state index contributed by atoms with van der Waals surface area (Å²) in [6.45, 7) is 2.39. The maximum Gasteiger partial charge on any atom is 0.233 e. The third-order valence-corrected chi connectivity index (χ3v) is 4.66. The highest BCUT2D eigenvalue weighted by atomic mass is 16.3. The number of likely N-dealkylation sites (tertiary alicyclic amines) is 1. The lowest BCUT2D eigenvalue weighted by atomic mass is 10.00. The van der Waals surface area contributed by atoms with E-state index in [4.69, 9.17) is 0 Å². The smallest absolute Gasteiger partial charge is 0.233 e. The van der Waals surface area contributed by atoms with E-state index in [2.05, 4.69) is 6.92 Å². The van der Waals surface area contributed by atoms with Crippen LogP contribution >= 0.6 is 0 Å². The van der Waals surface area contributed by atoms with Crippen molar-refractivity contribution in [3.8, 4) is 5.75 Å². The molecule has 2 unspecified atom stereocenters. The topological polar surface area (TPSA) is 57.6 Å². The standard InChI is InChI=1S/C16H19NO3/c1-2-10-7-13-14(8-10)16(20)17(15(13)19)9-11-4-3-5-12(18)6-11/h3-6,10,13-14,18H,2,7-9H2,1H3. The van der Waals surface area contributed by atoms with E-state index in [9.17, 15) is 14.7 Å². The van der Waals surface area contributed by atoms with Crippen LogP contribution in [-0.4, -0.2) is 21.8 Å². The number of phenols is 1. The van der Waals surface area contributed by atoms with Crippen LogP contribution in [0.1, 0.15) is 31.7 Å². The number of amides is 2. The fraction of sp³-hybridized carbons (Fsp3) is 0.500. The van der Waals surface area contributed by atoms with E-state index < -0.39 is 0 Å². The summed E-state index contributed by atoms with van der Waals surface area (Å²) in [5, 5.41) is 9.46. The Morgan fingerprint density at radius 3 is 2.40 bits per heavy atom. The molecule has 0 bridgehead atoms. The maximum atomic E-state index is 12.4. The number of nitrogens with zero attached hydrogens (tertiary/aromatic N) is 1. The van der Waals surface area contributed by atoms with Crippen molar-refractivity contribution < 1.29 is 14.7 Å². The monoisotopic (exact) mass is 273 g/mol. The number of phenolic OH excluding ortho intramolecular Hbond substituents is 1. The zero-order valence-corrected chi connectivity index (χ0v) is 11.6. The molecule has 1 aromatic rings. The van der Waals surface area contributed by atoms with Gasteiger partial charge in [-0.2, -0.15) is 0 Å². The van der Waals surface area contributed by atoms with Gasteiger partial charge in [0.05, 0.1) is 18.4 Å². The molecule has 2 amide bonds. The summed E-state index contributed by atoms with van der Waals surface area (Å²) >= 11 is 0. The van der Waals surface area contributed by atoms with Gasteiger partial charge in [0.15, 0.2) is 0 Å². The van der Waals surface area contributed by atoms with Crippen molar-refractivity contribution in [3.63, 3.8) is 0 Å². The molecule has 4 heteroatoms. The van der Waals surface area contributed by atoms with Crippen LogP contribution in [0.5, 0.6) is 5.75 Å². The number of carbonyl (C=O) groups is 2. The van der Waals surface area contributed by atoms with Crippen LogP contribution < -0.4 is 0 Å². The molecule has 4 nitrogen and oxygen atoms in total. The zero-order chi connectivity index (χ0) is 14.3. The van der Waals surface area contributed by atoms with Crippen molar-refractivity contribution in [2.75, 3.05) is 0 Å². The van der Waals surface area contributed by atoms with Gasteiger partial charge in [0.1, 0.15) is 5.75 Å². The van der Waals surface area contributed by atoms with Gasteiger partial charge in [-0.25, -0.2) is 0 Å². The number of hydrogen-bond acceptors (Lipinski definition) is 3. The highest BCUT2D eigenvalue weighted by Gasteiger charge is 2.51. The number of imide groups is 1. The van der Waals surface area contributed by atoms with Crippen LogP contribution in [-0.2, 0) is 16.1 Å². The second kappa shape index (κ2) is 4.93. The Kier molecular flexibility index (Phi) is 3.24. The predicted molar refractivity (Wildman–Crippen MR) is 73.7 cm³/mol. The lowest BCUT2D eigenvalue weighted by Crippen LogP contribution is -2.31. The first-order chi connectivity index (χ1) is 9.60. The summed E-state index contributed by atoms with van der Waals surface area (Å²) in [4.78, 5) is 26.2. The minimum Gasteiger partial charge on any atom is -0.508 e. The SMILES string of the molecule is CCC1CC2C(=O)N(Cc3cccc(O)c3)C(=O)C2C1. The molecule has 1 aromatic carbocycles. The first-order valence-electron chi connectivity index (χ1n) is 7.23. The largest absolute Gasteiger partial charge is 0.508 e. The molecule has 106 valence electrons. The minimum atomic E-state index is -0.107. The lowest BCUT2D eigenvalue weighted by Gasteiger charge is -2.17. The lowest BCUT2D eigenvalue weighted by molar-refractivity contribution is -0.141. The number of aromatic hydroxyl groups is 1. The van der Waals surface area contributed by atoms with Crippen molar-refractivity contribution >= 4 is 11.8 Å². The van der Waals surface area contributed by atoms with Gasteiger partial charge >= 0.3 is 0 Å². The van der Waals surface area contributed by atoms with Crippen LogP contribution in [0.15, 0.2) is 24.3 Å². The molecule has 1 aliphatic carbocycles. The molecule has 3 rings (SSSR count). The molecule has 1 saturated carbocycles. The molecule has 1 aliphatic heterocycles. The van der Waals surface area contributed by atoms with Gasteiger partial charge in [-0.15, -0.1) is 0 Å². The number of rotatable bonds is 3. The van der Waals surface area contributed by atoms with E-state index in [1.54, 1.807) is 18.2 Å². The molecule has 1 heterocycles. The molecule has 2 fully saturated rings. The quantitative estimate of drug-likeness (QED) is 0.860. The fourth-order valence-corrected chi connectivity index (χ4v) is 3.52. The van der Waals surface area contributed by atoms with E-state index in [-0.39, 0.29) is 35.9 Å². The Morgan fingerprint density at radius 1 is 1.20 bits per heavy atom. The molecule has 1 N–H and O–H groups in total. The maximum absolute atomic E-state index is 12.4. The zero-order valence-electron chi connectivity index (χ0n) is 11.6. The van der Waals surface area contributed by atoms with E-state index in [0.717, 1.165) is 24.8 Å². The number of benzene rings is 1. The second-order valence-electron chi connectivity index (χ2n) is 5.89. The van der Waals surface area contributed by atoms with Gasteiger partial charge < -0.3 is 5.11 Å². The summed E-state index contributed by atoms with van der Waals surface area (Å²) < 4.78 is 0. The van der Waals surface area contributed by atoms with Crippen molar-refractivity contribution in [3.05, 3.63) is 29.8 Å². The molecule has 20 heavy (non-hydrogen) atoms. The van der Waals surface area contributed by atoms with Gasteiger partial charge in [0.25, 0.3) is 0 Å². The van der Waals surface area contributed by atoms with Crippen molar-refractivity contribution in [2.45, 2.75) is 32.7 Å². The van der Waals surface area contributed by atoms with Crippen molar-refractivity contribution in [1.29, 1.82) is 0 Å². The van der Waals surface area contributed by atoms with Gasteiger partial charge in [0.2, 0.25) is 11.8 Å². The predicted octanol–water partition coefficient (Wildman–Crippen LogP) is 2.31. The van der Waals surface area contributed by atoms with E-state index in [1.807, 2.05) is 6.07 Å². The summed E-state index contributed by atoms with van der Waals surface area (Å²) in [6, 6.07) is 6.73. The molecule has 0 radical (unpaired) electrons. The third kappa shape index (κ3) is 2.09. The number of fused-ring (bicyclic) bond motifs is 1. The normalized spacial score (nSPS) is 29.1. The van der Waals surface area contributed by atoms with Gasteiger partial charge in [-0.3, -0.25) is 14.5 Å². The Hall–Kier alpha value is -1.84. The summed E-state index contributed by atoms with van der Waals surface area (Å²) in [7, 11) is 0. The fourth-order valence-electron chi connectivity index (χ4n) is 3.52. The number of carbonyl (C=O) groups excluding carboxylic acids is 2. The van der Waals surface area contributed by atoms with Crippen LogP contribution in [0.2, 0.25) is 0 Å². The summed E-state index contributed by atoms with van der Waals surface area (Å²) in [5.74, 6) is 0.404. The van der Waals surface area contributed by atoms with Crippen LogP contribution in [0.25, 0.3) is 0 Å². The van der Waals surface area contributed by atoms with Crippen molar-refractivity contribution in [1.82, 2.24) is 4.90 Å². The highest BCUT2D eigenvalue weighted by Crippen LogP contribution is 2.44. The minimum absolute atomic E-state index is 0.0284. The Balaban J connectivity index is 1.77. The van der Waals surface area contributed by atoms with E-state index >= 15 is 0 Å². The first kappa shape index (κ1) is 13.2. The van der Waals surface area contributed by atoms with Crippen LogP contribution in [0.4, 0.5) is 0 Å². The molecular formula is C16H19NO3. The highest BCUT2D eigenvalue weighted by molar-refractivity contribution is 6.05. The molecule has 0 aromatic heterocycles. The number of hydrogen-bond donors (Lipinski definition) is 1. The average molecular weight is 273 g/mol. The molecule has 0 spiro atoms. The molecule has 1 saturated heterocycles. The Morgan fingerprint density at radius 2 is 1.85 bits per heavy atom.